The van der Waals surface area contributed by atoms with Crippen molar-refractivity contribution >= 4 is 40.8 Å². The van der Waals surface area contributed by atoms with Gasteiger partial charge in [-0.3, -0.25) is 14.4 Å². The molecular weight excluding hydrogens is 417 g/mol. The Kier molecular flexibility index (Phi) is 7.29. The van der Waals surface area contributed by atoms with Crippen molar-refractivity contribution in [1.82, 2.24) is 5.32 Å². The van der Waals surface area contributed by atoms with Gasteiger partial charge in [0.05, 0.1) is 11.3 Å². The third-order valence-corrected chi connectivity index (χ3v) is 5.34. The lowest BCUT2D eigenvalue weighted by atomic mass is 10.1. The molecule has 6 nitrogen and oxygen atoms in total. The Morgan fingerprint density at radius 2 is 1.74 bits per heavy atom. The van der Waals surface area contributed by atoms with Gasteiger partial charge in [0.25, 0.3) is 5.91 Å². The Labute approximate surface area is 182 Å². The quantitative estimate of drug-likeness (QED) is 0.467. The largest absolute Gasteiger partial charge is 0.370 e. The standard InChI is InChI=1S/C23H20FN3O3S/c24-18-7-3-1-5-16(18)20-11-9-15(31-20)10-12-22(29)27-19-8-4-2-6-17(19)23(30)26-14-13-21(25)28/h1-12H,13-14H2,(H2,25,28)(H,26,30)(H,27,29). The first-order valence-corrected chi connectivity index (χ1v) is 10.2. The summed E-state index contributed by atoms with van der Waals surface area (Å²) in [4.78, 5) is 37.0. The van der Waals surface area contributed by atoms with Gasteiger partial charge < -0.3 is 16.4 Å². The maximum atomic E-state index is 13.9. The van der Waals surface area contributed by atoms with Crippen LogP contribution in [-0.2, 0) is 9.59 Å². The molecule has 0 aliphatic carbocycles. The molecule has 0 spiro atoms. The molecule has 0 atom stereocenters. The minimum Gasteiger partial charge on any atom is -0.370 e. The molecule has 0 saturated carbocycles. The average molecular weight is 437 g/mol. The summed E-state index contributed by atoms with van der Waals surface area (Å²) in [6, 6.07) is 16.6. The van der Waals surface area contributed by atoms with Crippen molar-refractivity contribution in [1.29, 1.82) is 0 Å². The highest BCUT2D eigenvalue weighted by Crippen LogP contribution is 2.30. The van der Waals surface area contributed by atoms with Gasteiger partial charge in [0, 0.05) is 34.4 Å². The van der Waals surface area contributed by atoms with Crippen molar-refractivity contribution < 1.29 is 18.8 Å². The number of carbonyl (C=O) groups excluding carboxylic acids is 3. The highest BCUT2D eigenvalue weighted by Gasteiger charge is 2.12. The molecule has 3 amide bonds. The molecule has 0 aliphatic rings. The van der Waals surface area contributed by atoms with E-state index < -0.39 is 17.7 Å². The molecule has 4 N–H and O–H groups in total. The number of amides is 3. The summed E-state index contributed by atoms with van der Waals surface area (Å²) in [5.41, 5.74) is 6.18. The lowest BCUT2D eigenvalue weighted by Crippen LogP contribution is -2.28. The zero-order valence-corrected chi connectivity index (χ0v) is 17.2. The number of rotatable bonds is 8. The number of primary amides is 1. The number of anilines is 1. The second kappa shape index (κ2) is 10.3. The van der Waals surface area contributed by atoms with Crippen molar-refractivity contribution in [3.63, 3.8) is 0 Å². The molecule has 158 valence electrons. The maximum absolute atomic E-state index is 13.9. The third kappa shape index (κ3) is 6.10. The Hall–Kier alpha value is -3.78. The van der Waals surface area contributed by atoms with Crippen molar-refractivity contribution in [2.45, 2.75) is 6.42 Å². The van der Waals surface area contributed by atoms with Crippen LogP contribution in [-0.4, -0.2) is 24.3 Å². The maximum Gasteiger partial charge on any atom is 0.253 e. The van der Waals surface area contributed by atoms with Crippen molar-refractivity contribution in [2.24, 2.45) is 5.73 Å². The topological polar surface area (TPSA) is 101 Å². The van der Waals surface area contributed by atoms with E-state index >= 15 is 0 Å². The molecule has 1 heterocycles. The van der Waals surface area contributed by atoms with Gasteiger partial charge in [-0.05, 0) is 36.4 Å². The second-order valence-corrected chi connectivity index (χ2v) is 7.64. The molecule has 0 bridgehead atoms. The smallest absolute Gasteiger partial charge is 0.253 e. The van der Waals surface area contributed by atoms with Gasteiger partial charge in [-0.25, -0.2) is 4.39 Å². The van der Waals surface area contributed by atoms with Crippen molar-refractivity contribution in [3.8, 4) is 10.4 Å². The monoisotopic (exact) mass is 437 g/mol. The summed E-state index contributed by atoms with van der Waals surface area (Å²) in [6.07, 6.45) is 3.00. The van der Waals surface area contributed by atoms with Crippen molar-refractivity contribution in [2.75, 3.05) is 11.9 Å². The van der Waals surface area contributed by atoms with Crippen LogP contribution in [0.15, 0.2) is 66.7 Å². The molecule has 0 unspecified atom stereocenters. The molecule has 1 aromatic heterocycles. The molecule has 2 aromatic carbocycles. The van der Waals surface area contributed by atoms with E-state index in [9.17, 15) is 18.8 Å². The molecule has 0 fully saturated rings. The predicted octanol–water partition coefficient (Wildman–Crippen LogP) is 3.81. The van der Waals surface area contributed by atoms with E-state index in [1.807, 2.05) is 0 Å². The van der Waals surface area contributed by atoms with Crippen LogP contribution in [0.3, 0.4) is 0 Å². The van der Waals surface area contributed by atoms with Crippen LogP contribution in [0.1, 0.15) is 21.7 Å². The summed E-state index contributed by atoms with van der Waals surface area (Å²) in [5, 5.41) is 5.26. The number of benzene rings is 2. The van der Waals surface area contributed by atoms with Gasteiger partial charge in [-0.15, -0.1) is 11.3 Å². The van der Waals surface area contributed by atoms with Crippen molar-refractivity contribution in [3.05, 3.63) is 83.0 Å². The number of para-hydroxylation sites is 1. The third-order valence-electron chi connectivity index (χ3n) is 4.25. The summed E-state index contributed by atoms with van der Waals surface area (Å²) in [5.74, 6) is -1.66. The molecule has 31 heavy (non-hydrogen) atoms. The van der Waals surface area contributed by atoms with E-state index in [-0.39, 0.29) is 24.3 Å². The molecular formula is C23H20FN3O3S. The fourth-order valence-corrected chi connectivity index (χ4v) is 3.70. The number of hydrogen-bond donors (Lipinski definition) is 3. The zero-order valence-electron chi connectivity index (χ0n) is 16.4. The highest BCUT2D eigenvalue weighted by atomic mass is 32.1. The molecule has 0 radical (unpaired) electrons. The van der Waals surface area contributed by atoms with Crippen LogP contribution in [0.4, 0.5) is 10.1 Å². The van der Waals surface area contributed by atoms with Gasteiger partial charge in [-0.2, -0.15) is 0 Å². The van der Waals surface area contributed by atoms with E-state index in [0.717, 1.165) is 9.75 Å². The number of nitrogens with one attached hydrogen (secondary N) is 2. The molecule has 0 aliphatic heterocycles. The Bertz CT molecular complexity index is 1140. The number of hydrogen-bond acceptors (Lipinski definition) is 4. The average Bonchev–Trinajstić information content (AvgIpc) is 3.21. The van der Waals surface area contributed by atoms with Crippen LogP contribution in [0.25, 0.3) is 16.5 Å². The van der Waals surface area contributed by atoms with Gasteiger partial charge >= 0.3 is 0 Å². The Morgan fingerprint density at radius 1 is 1.00 bits per heavy atom. The first-order valence-electron chi connectivity index (χ1n) is 9.43. The number of halogens is 1. The van der Waals surface area contributed by atoms with Gasteiger partial charge in [-0.1, -0.05) is 30.3 Å². The SMILES string of the molecule is NC(=O)CCNC(=O)c1ccccc1NC(=O)C=Cc1ccc(-c2ccccc2F)s1. The molecule has 3 aromatic rings. The van der Waals surface area contributed by atoms with E-state index in [4.69, 9.17) is 5.73 Å². The summed E-state index contributed by atoms with van der Waals surface area (Å²) in [7, 11) is 0. The molecule has 0 saturated heterocycles. The van der Waals surface area contributed by atoms with Crippen LogP contribution in [0, 0.1) is 5.82 Å². The van der Waals surface area contributed by atoms with Gasteiger partial charge in [0.1, 0.15) is 5.82 Å². The second-order valence-electron chi connectivity index (χ2n) is 6.52. The van der Waals surface area contributed by atoms with E-state index in [2.05, 4.69) is 10.6 Å². The zero-order chi connectivity index (χ0) is 22.2. The minimum atomic E-state index is -0.515. The van der Waals surface area contributed by atoms with Crippen LogP contribution in [0.2, 0.25) is 0 Å². The van der Waals surface area contributed by atoms with Gasteiger partial charge in [0.15, 0.2) is 0 Å². The molecule has 3 rings (SSSR count). The normalized spacial score (nSPS) is 10.7. The number of thiophene rings is 1. The Balaban J connectivity index is 1.65. The predicted molar refractivity (Wildman–Crippen MR) is 120 cm³/mol. The first kappa shape index (κ1) is 21.9. The summed E-state index contributed by atoms with van der Waals surface area (Å²) < 4.78 is 13.9. The fourth-order valence-electron chi connectivity index (χ4n) is 2.76. The van der Waals surface area contributed by atoms with Gasteiger partial charge in [0.2, 0.25) is 11.8 Å². The van der Waals surface area contributed by atoms with Crippen LogP contribution < -0.4 is 16.4 Å². The molecule has 8 heteroatoms. The minimum absolute atomic E-state index is 0.0265. The Morgan fingerprint density at radius 3 is 2.52 bits per heavy atom. The summed E-state index contributed by atoms with van der Waals surface area (Å²) in [6.45, 7) is 0.110. The summed E-state index contributed by atoms with van der Waals surface area (Å²) >= 11 is 1.36. The fraction of sp³-hybridized carbons (Fsp3) is 0.0870. The van der Waals surface area contributed by atoms with E-state index in [1.165, 1.54) is 23.5 Å². The lowest BCUT2D eigenvalue weighted by molar-refractivity contribution is -0.118. The highest BCUT2D eigenvalue weighted by molar-refractivity contribution is 7.16. The number of carbonyl (C=O) groups is 3. The van der Waals surface area contributed by atoms with E-state index in [1.54, 1.807) is 60.7 Å². The lowest BCUT2D eigenvalue weighted by Gasteiger charge is -2.10. The van der Waals surface area contributed by atoms with Crippen LogP contribution in [0.5, 0.6) is 0 Å². The van der Waals surface area contributed by atoms with E-state index in [0.29, 0.717) is 11.3 Å². The first-order chi connectivity index (χ1) is 14.9. The number of nitrogens with two attached hydrogens (primary N) is 1. The van der Waals surface area contributed by atoms with Crippen LogP contribution >= 0.6 is 11.3 Å².